The van der Waals surface area contributed by atoms with Gasteiger partial charge in [0.25, 0.3) is 11.8 Å². The number of nitrogens with zero attached hydrogens (tertiary/aromatic N) is 2. The molecule has 0 unspecified atom stereocenters. The first-order valence-electron chi connectivity index (χ1n) is 14.2. The van der Waals surface area contributed by atoms with Gasteiger partial charge in [0.2, 0.25) is 5.91 Å². The number of anilines is 3. The van der Waals surface area contributed by atoms with Gasteiger partial charge in [-0.2, -0.15) is 0 Å². The normalized spacial score (nSPS) is 13.4. The second-order valence-electron chi connectivity index (χ2n) is 10.3. The number of hydrogen-bond acceptors (Lipinski definition) is 5. The number of carbonyl (C=O) groups is 3. The summed E-state index contributed by atoms with van der Waals surface area (Å²) in [5, 5.41) is 9.29. The van der Waals surface area contributed by atoms with Crippen molar-refractivity contribution < 1.29 is 14.4 Å². The van der Waals surface area contributed by atoms with Crippen molar-refractivity contribution in [1.82, 2.24) is 10.2 Å². The zero-order valence-electron chi connectivity index (χ0n) is 24.3. The summed E-state index contributed by atoms with van der Waals surface area (Å²) >= 11 is 0. The molecule has 1 heterocycles. The molecule has 4 rings (SSSR count). The molecule has 3 aromatic carbocycles. The zero-order valence-corrected chi connectivity index (χ0v) is 24.3. The Morgan fingerprint density at radius 2 is 1.61 bits per heavy atom. The third-order valence-corrected chi connectivity index (χ3v) is 6.91. The first kappa shape index (κ1) is 29.6. The number of carbonyl (C=O) groups excluding carboxylic acids is 3. The van der Waals surface area contributed by atoms with Crippen LogP contribution in [0.2, 0.25) is 0 Å². The summed E-state index contributed by atoms with van der Waals surface area (Å²) in [6, 6.07) is 22.7. The molecule has 0 atom stereocenters. The van der Waals surface area contributed by atoms with E-state index in [-0.39, 0.29) is 17.7 Å². The van der Waals surface area contributed by atoms with Crippen LogP contribution in [0.15, 0.2) is 72.8 Å². The lowest BCUT2D eigenvalue weighted by Gasteiger charge is -2.24. The van der Waals surface area contributed by atoms with Gasteiger partial charge in [-0.3, -0.25) is 14.4 Å². The van der Waals surface area contributed by atoms with Gasteiger partial charge >= 0.3 is 0 Å². The molecule has 214 valence electrons. The summed E-state index contributed by atoms with van der Waals surface area (Å²) in [6.45, 7) is 6.01. The van der Waals surface area contributed by atoms with Gasteiger partial charge in [0, 0.05) is 47.7 Å². The standard InChI is InChI=1S/C33H39N5O3/c1-5-19-34-32(40)24-13-18-27-28(22-24)36-33(41)30(27)31(23-11-8-7-9-12-23)35-25-14-16-26(17-15-25)38(29(39)6-2)21-10-20-37(3)4/h7-9,11-18,22,35H,5-6,10,19-21H2,1-4H3,(H,34,40)(H,36,41)/b31-30-. The average molecular weight is 554 g/mol. The quantitative estimate of drug-likeness (QED) is 0.259. The first-order valence-corrected chi connectivity index (χ1v) is 14.2. The van der Waals surface area contributed by atoms with E-state index in [1.165, 1.54) is 0 Å². The van der Waals surface area contributed by atoms with Crippen LogP contribution >= 0.6 is 0 Å². The van der Waals surface area contributed by atoms with Crippen molar-refractivity contribution in [3.05, 3.63) is 89.5 Å². The van der Waals surface area contributed by atoms with Crippen molar-refractivity contribution in [2.24, 2.45) is 0 Å². The van der Waals surface area contributed by atoms with Crippen molar-refractivity contribution in [2.45, 2.75) is 33.1 Å². The fourth-order valence-corrected chi connectivity index (χ4v) is 4.79. The Morgan fingerprint density at radius 3 is 2.27 bits per heavy atom. The molecular weight excluding hydrogens is 514 g/mol. The molecule has 8 nitrogen and oxygen atoms in total. The van der Waals surface area contributed by atoms with Crippen molar-refractivity contribution in [1.29, 1.82) is 0 Å². The largest absolute Gasteiger partial charge is 0.354 e. The van der Waals surface area contributed by atoms with E-state index in [4.69, 9.17) is 0 Å². The lowest BCUT2D eigenvalue weighted by Crippen LogP contribution is -2.32. The summed E-state index contributed by atoms with van der Waals surface area (Å²) in [5.41, 5.74) is 5.47. The molecule has 3 N–H and O–H groups in total. The Morgan fingerprint density at radius 1 is 0.878 bits per heavy atom. The Hall–Kier alpha value is -4.43. The van der Waals surface area contributed by atoms with Crippen LogP contribution in [0.25, 0.3) is 11.3 Å². The van der Waals surface area contributed by atoms with Crippen LogP contribution in [0.3, 0.4) is 0 Å². The van der Waals surface area contributed by atoms with E-state index in [9.17, 15) is 14.4 Å². The van der Waals surface area contributed by atoms with Crippen LogP contribution in [0, 0.1) is 0 Å². The number of rotatable bonds is 12. The molecule has 41 heavy (non-hydrogen) atoms. The molecule has 0 saturated carbocycles. The maximum absolute atomic E-state index is 13.3. The molecule has 0 spiro atoms. The van der Waals surface area contributed by atoms with Crippen molar-refractivity contribution >= 4 is 46.1 Å². The number of amides is 3. The maximum atomic E-state index is 13.3. The van der Waals surface area contributed by atoms with Crippen molar-refractivity contribution in [3.8, 4) is 0 Å². The van der Waals surface area contributed by atoms with E-state index in [0.717, 1.165) is 41.9 Å². The molecule has 0 radical (unpaired) electrons. The van der Waals surface area contributed by atoms with Crippen LogP contribution in [-0.4, -0.2) is 56.4 Å². The van der Waals surface area contributed by atoms with Crippen LogP contribution in [0.4, 0.5) is 17.1 Å². The van der Waals surface area contributed by atoms with Crippen LogP contribution in [0.1, 0.15) is 54.6 Å². The lowest BCUT2D eigenvalue weighted by atomic mass is 9.99. The van der Waals surface area contributed by atoms with Crippen molar-refractivity contribution in [2.75, 3.05) is 49.3 Å². The van der Waals surface area contributed by atoms with Gasteiger partial charge in [0.1, 0.15) is 0 Å². The monoisotopic (exact) mass is 553 g/mol. The van der Waals surface area contributed by atoms with Gasteiger partial charge in [-0.1, -0.05) is 50.2 Å². The predicted octanol–water partition coefficient (Wildman–Crippen LogP) is 5.45. The van der Waals surface area contributed by atoms with Crippen LogP contribution in [0.5, 0.6) is 0 Å². The highest BCUT2D eigenvalue weighted by Crippen LogP contribution is 2.38. The minimum Gasteiger partial charge on any atom is -0.354 e. The number of benzene rings is 3. The molecular formula is C33H39N5O3. The van der Waals surface area contributed by atoms with Crippen LogP contribution < -0.4 is 20.9 Å². The Bertz CT molecular complexity index is 1410. The van der Waals surface area contributed by atoms with Crippen molar-refractivity contribution in [3.63, 3.8) is 0 Å². The third-order valence-electron chi connectivity index (χ3n) is 6.91. The smallest absolute Gasteiger partial charge is 0.258 e. The zero-order chi connectivity index (χ0) is 29.4. The topological polar surface area (TPSA) is 93.8 Å². The van der Waals surface area contributed by atoms with E-state index >= 15 is 0 Å². The fraction of sp³-hybridized carbons (Fsp3) is 0.303. The van der Waals surface area contributed by atoms with E-state index in [0.29, 0.717) is 42.0 Å². The van der Waals surface area contributed by atoms with Gasteiger partial charge < -0.3 is 25.8 Å². The Labute approximate surface area is 242 Å². The second-order valence-corrected chi connectivity index (χ2v) is 10.3. The predicted molar refractivity (Wildman–Crippen MR) is 167 cm³/mol. The second kappa shape index (κ2) is 13.8. The highest BCUT2D eigenvalue weighted by Gasteiger charge is 2.29. The molecule has 0 aliphatic carbocycles. The molecule has 3 aromatic rings. The number of fused-ring (bicyclic) bond motifs is 1. The molecule has 0 saturated heterocycles. The van der Waals surface area contributed by atoms with Gasteiger partial charge in [-0.25, -0.2) is 0 Å². The molecule has 0 fully saturated rings. The highest BCUT2D eigenvalue weighted by molar-refractivity contribution is 6.37. The van der Waals surface area contributed by atoms with Gasteiger partial charge in [0.15, 0.2) is 0 Å². The third kappa shape index (κ3) is 7.21. The first-order chi connectivity index (χ1) is 19.8. The minimum atomic E-state index is -0.241. The Balaban J connectivity index is 1.66. The summed E-state index contributed by atoms with van der Waals surface area (Å²) in [4.78, 5) is 42.5. The number of nitrogens with one attached hydrogen (secondary N) is 3. The summed E-state index contributed by atoms with van der Waals surface area (Å²) in [7, 11) is 4.05. The van der Waals surface area contributed by atoms with E-state index < -0.39 is 0 Å². The lowest BCUT2D eigenvalue weighted by molar-refractivity contribution is -0.118. The number of hydrogen-bond donors (Lipinski definition) is 3. The molecule has 0 bridgehead atoms. The minimum absolute atomic E-state index is 0.0820. The van der Waals surface area contributed by atoms with E-state index in [1.807, 2.05) is 93.5 Å². The molecule has 1 aliphatic rings. The summed E-state index contributed by atoms with van der Waals surface area (Å²) < 4.78 is 0. The molecule has 8 heteroatoms. The Kier molecular flexibility index (Phi) is 9.92. The van der Waals surface area contributed by atoms with Gasteiger partial charge in [-0.05, 0) is 75.4 Å². The highest BCUT2D eigenvalue weighted by atomic mass is 16.2. The molecule has 3 amide bonds. The summed E-state index contributed by atoms with van der Waals surface area (Å²) in [6.07, 6.45) is 2.15. The maximum Gasteiger partial charge on any atom is 0.258 e. The van der Waals surface area contributed by atoms with E-state index in [1.54, 1.807) is 12.1 Å². The van der Waals surface area contributed by atoms with Gasteiger partial charge in [-0.15, -0.1) is 0 Å². The van der Waals surface area contributed by atoms with E-state index in [2.05, 4.69) is 20.9 Å². The SMILES string of the molecule is CCCNC(=O)c1ccc2c(c1)NC(=O)/C2=C(\Nc1ccc(N(CCCN(C)C)C(=O)CC)cc1)c1ccccc1. The average Bonchev–Trinajstić information content (AvgIpc) is 3.31. The molecule has 0 aromatic heterocycles. The van der Waals surface area contributed by atoms with Gasteiger partial charge in [0.05, 0.1) is 11.3 Å². The molecule has 1 aliphatic heterocycles. The fourth-order valence-electron chi connectivity index (χ4n) is 4.79. The van der Waals surface area contributed by atoms with Crippen LogP contribution in [-0.2, 0) is 9.59 Å². The summed E-state index contributed by atoms with van der Waals surface area (Å²) in [5.74, 6) is -0.326.